The van der Waals surface area contributed by atoms with Crippen LogP contribution in [0.15, 0.2) is 0 Å². The van der Waals surface area contributed by atoms with Crippen molar-refractivity contribution in [3.05, 3.63) is 0 Å². The summed E-state index contributed by atoms with van der Waals surface area (Å²) in [6, 6.07) is 0. The smallest absolute Gasteiger partial charge is 0.00407 e. The molecule has 0 N–H and O–H groups in total. The Kier molecular flexibility index (Phi) is 2.94. The van der Waals surface area contributed by atoms with Crippen molar-refractivity contribution < 1.29 is 0 Å². The van der Waals surface area contributed by atoms with E-state index in [4.69, 9.17) is 0 Å². The first-order chi connectivity index (χ1) is 10.5. The van der Waals surface area contributed by atoms with Gasteiger partial charge in [-0.05, 0) is 97.8 Å². The second-order valence-electron chi connectivity index (χ2n) is 10.7. The fourth-order valence-electron chi connectivity index (χ4n) is 7.97. The predicted molar refractivity (Wildman–Crippen MR) is 91.6 cm³/mol. The van der Waals surface area contributed by atoms with Crippen LogP contribution in [0.1, 0.15) is 65.7 Å². The molecule has 22 heavy (non-hydrogen) atoms. The fourth-order valence-corrected chi connectivity index (χ4v) is 7.97. The molecular weight excluding hydrogens is 266 g/mol. The van der Waals surface area contributed by atoms with Gasteiger partial charge in [0.05, 0.1) is 0 Å². The topological polar surface area (TPSA) is 3.24 Å². The summed E-state index contributed by atoms with van der Waals surface area (Å²) < 4.78 is 0. The summed E-state index contributed by atoms with van der Waals surface area (Å²) >= 11 is 0. The molecule has 5 saturated carbocycles. The summed E-state index contributed by atoms with van der Waals surface area (Å²) in [6.07, 6.45) is 10.9. The number of fused-ring (bicyclic) bond motifs is 2. The van der Waals surface area contributed by atoms with Crippen LogP contribution >= 0.6 is 0 Å². The third-order valence-corrected chi connectivity index (χ3v) is 9.69. The Morgan fingerprint density at radius 1 is 1.00 bits per heavy atom. The molecule has 1 saturated heterocycles. The summed E-state index contributed by atoms with van der Waals surface area (Å²) in [7, 11) is 0. The Balaban J connectivity index is 1.24. The zero-order chi connectivity index (χ0) is 15.1. The zero-order valence-electron chi connectivity index (χ0n) is 15.0. The number of hydrogen-bond donors (Lipinski definition) is 0. The maximum Gasteiger partial charge on any atom is 0.00407 e. The molecule has 1 heterocycles. The van der Waals surface area contributed by atoms with Gasteiger partial charge in [-0.3, -0.25) is 0 Å². The van der Waals surface area contributed by atoms with E-state index in [-0.39, 0.29) is 0 Å². The molecule has 1 aliphatic heterocycles. The minimum atomic E-state index is 0.578. The second kappa shape index (κ2) is 4.52. The Morgan fingerprint density at radius 2 is 1.82 bits per heavy atom. The summed E-state index contributed by atoms with van der Waals surface area (Å²) in [5.74, 6) is 6.66. The van der Waals surface area contributed by atoms with Gasteiger partial charge in [0.15, 0.2) is 0 Å². The highest BCUT2D eigenvalue weighted by Crippen LogP contribution is 2.62. The minimum Gasteiger partial charge on any atom is -0.302 e. The van der Waals surface area contributed by atoms with Crippen molar-refractivity contribution in [2.75, 3.05) is 19.6 Å². The van der Waals surface area contributed by atoms with Crippen molar-refractivity contribution in [2.45, 2.75) is 65.7 Å². The molecule has 0 amide bonds. The van der Waals surface area contributed by atoms with E-state index in [0.29, 0.717) is 10.8 Å². The molecule has 6 rings (SSSR count). The molecule has 1 nitrogen and oxygen atoms in total. The normalized spacial score (nSPS) is 55.2. The lowest BCUT2D eigenvalue weighted by molar-refractivity contribution is -0.0213. The molecule has 0 spiro atoms. The van der Waals surface area contributed by atoms with Crippen LogP contribution in [-0.4, -0.2) is 24.5 Å². The Labute approximate surface area is 137 Å². The minimum absolute atomic E-state index is 0.578. The SMILES string of the molecule is CC1(C)[C@@H]2CC[C@]1(C)CN(CC[C@H]1[C@H]3C[C@@H]4C[C@@H](C3)[C@@H]1C4)C2. The number of nitrogens with zero attached hydrogens (tertiary/aromatic N) is 1. The van der Waals surface area contributed by atoms with Crippen LogP contribution in [0.5, 0.6) is 0 Å². The lowest BCUT2D eigenvalue weighted by atomic mass is 9.63. The van der Waals surface area contributed by atoms with Gasteiger partial charge in [-0.2, -0.15) is 0 Å². The predicted octanol–water partition coefficient (Wildman–Crippen LogP) is 4.82. The molecule has 5 aliphatic carbocycles. The molecular formula is C21H35N. The highest BCUT2D eigenvalue weighted by Gasteiger charge is 2.56. The molecule has 0 aromatic carbocycles. The second-order valence-corrected chi connectivity index (χ2v) is 10.7. The highest BCUT2D eigenvalue weighted by atomic mass is 15.2. The summed E-state index contributed by atoms with van der Waals surface area (Å²) in [6.45, 7) is 11.9. The number of hydrogen-bond acceptors (Lipinski definition) is 1. The average Bonchev–Trinajstić information content (AvgIpc) is 2.88. The third-order valence-electron chi connectivity index (χ3n) is 9.69. The molecule has 124 valence electrons. The van der Waals surface area contributed by atoms with Gasteiger partial charge in [0.25, 0.3) is 0 Å². The van der Waals surface area contributed by atoms with Gasteiger partial charge in [-0.15, -0.1) is 0 Å². The van der Waals surface area contributed by atoms with Crippen molar-refractivity contribution in [1.29, 1.82) is 0 Å². The molecule has 1 heteroatoms. The van der Waals surface area contributed by atoms with Gasteiger partial charge in [0, 0.05) is 13.1 Å². The standard InChI is InChI=1S/C21H35N/c1-20(2)17-4-6-21(20,3)13-22(12-17)7-5-18-15-8-14-9-16(11-15)19(18)10-14/h14-19H,4-13H2,1-3H3/t14-,15+,16+,17-,18+,19+,21-/m1/s1. The van der Waals surface area contributed by atoms with E-state index >= 15 is 0 Å². The molecule has 0 aromatic heterocycles. The third kappa shape index (κ3) is 1.81. The fraction of sp³-hybridized carbons (Fsp3) is 1.00. The van der Waals surface area contributed by atoms with Crippen LogP contribution in [0.3, 0.4) is 0 Å². The maximum atomic E-state index is 2.88. The van der Waals surface area contributed by atoms with E-state index in [9.17, 15) is 0 Å². The highest BCUT2D eigenvalue weighted by molar-refractivity contribution is 5.07. The van der Waals surface area contributed by atoms with Crippen molar-refractivity contribution in [3.63, 3.8) is 0 Å². The van der Waals surface area contributed by atoms with Crippen molar-refractivity contribution >= 4 is 0 Å². The van der Waals surface area contributed by atoms with E-state index in [1.165, 1.54) is 38.9 Å². The van der Waals surface area contributed by atoms with Crippen LogP contribution in [-0.2, 0) is 0 Å². The first kappa shape index (κ1) is 14.3. The molecule has 0 aromatic rings. The zero-order valence-corrected chi connectivity index (χ0v) is 15.0. The van der Waals surface area contributed by atoms with Gasteiger partial charge < -0.3 is 4.90 Å². The lowest BCUT2D eigenvalue weighted by Gasteiger charge is -2.51. The van der Waals surface area contributed by atoms with Crippen LogP contribution in [0.25, 0.3) is 0 Å². The van der Waals surface area contributed by atoms with Crippen LogP contribution in [0.4, 0.5) is 0 Å². The van der Waals surface area contributed by atoms with Crippen molar-refractivity contribution in [1.82, 2.24) is 4.90 Å². The molecule has 0 radical (unpaired) electrons. The Hall–Kier alpha value is -0.0400. The van der Waals surface area contributed by atoms with E-state index < -0.39 is 0 Å². The van der Waals surface area contributed by atoms with Crippen LogP contribution in [0.2, 0.25) is 0 Å². The molecule has 0 unspecified atom stereocenters. The van der Waals surface area contributed by atoms with Gasteiger partial charge in [-0.1, -0.05) is 20.8 Å². The monoisotopic (exact) mass is 301 g/mol. The number of piperidine rings is 1. The van der Waals surface area contributed by atoms with E-state index in [1.54, 1.807) is 25.7 Å². The van der Waals surface area contributed by atoms with E-state index in [2.05, 4.69) is 25.7 Å². The van der Waals surface area contributed by atoms with Crippen LogP contribution < -0.4 is 0 Å². The summed E-state index contributed by atoms with van der Waals surface area (Å²) in [5.41, 5.74) is 1.16. The van der Waals surface area contributed by atoms with E-state index in [1.807, 2.05) is 0 Å². The largest absolute Gasteiger partial charge is 0.302 e. The lowest BCUT2D eigenvalue weighted by Crippen LogP contribution is -2.52. The first-order valence-electron chi connectivity index (χ1n) is 10.2. The van der Waals surface area contributed by atoms with Gasteiger partial charge in [0.2, 0.25) is 0 Å². The van der Waals surface area contributed by atoms with Gasteiger partial charge in [-0.25, -0.2) is 0 Å². The van der Waals surface area contributed by atoms with Crippen LogP contribution in [0, 0.1) is 46.3 Å². The van der Waals surface area contributed by atoms with E-state index in [0.717, 1.165) is 35.5 Å². The number of likely N-dealkylation sites (tertiary alicyclic amines) is 1. The Bertz CT molecular complexity index is 465. The first-order valence-corrected chi connectivity index (χ1v) is 10.2. The summed E-state index contributed by atoms with van der Waals surface area (Å²) in [4.78, 5) is 2.88. The molecule has 6 aliphatic rings. The van der Waals surface area contributed by atoms with Crippen molar-refractivity contribution in [3.8, 4) is 0 Å². The molecule has 6 fully saturated rings. The van der Waals surface area contributed by atoms with Crippen molar-refractivity contribution in [2.24, 2.45) is 46.3 Å². The summed E-state index contributed by atoms with van der Waals surface area (Å²) in [5, 5.41) is 0. The van der Waals surface area contributed by atoms with Gasteiger partial charge >= 0.3 is 0 Å². The molecule has 7 atom stereocenters. The van der Waals surface area contributed by atoms with Gasteiger partial charge in [0.1, 0.15) is 0 Å². The number of rotatable bonds is 3. The maximum absolute atomic E-state index is 2.88. The molecule has 6 bridgehead atoms. The Morgan fingerprint density at radius 3 is 2.59 bits per heavy atom. The average molecular weight is 302 g/mol. The quantitative estimate of drug-likeness (QED) is 0.722.